The molecule has 3 rings (SSSR count). The summed E-state index contributed by atoms with van der Waals surface area (Å²) in [6, 6.07) is 9.16. The second kappa shape index (κ2) is 7.72. The van der Waals surface area contributed by atoms with Gasteiger partial charge in [0.15, 0.2) is 0 Å². The molecule has 1 aromatic heterocycles. The van der Waals surface area contributed by atoms with Gasteiger partial charge in [-0.05, 0) is 36.0 Å². The Morgan fingerprint density at radius 2 is 1.71 bits per heavy atom. The van der Waals surface area contributed by atoms with E-state index >= 15 is 0 Å². The van der Waals surface area contributed by atoms with Crippen LogP contribution in [0, 0.1) is 0 Å². The fourth-order valence-corrected chi connectivity index (χ4v) is 5.18. The van der Waals surface area contributed by atoms with Gasteiger partial charge >= 0.3 is 0 Å². The highest BCUT2D eigenvalue weighted by Gasteiger charge is 2.29. The van der Waals surface area contributed by atoms with E-state index in [9.17, 15) is 13.2 Å². The summed E-state index contributed by atoms with van der Waals surface area (Å²) in [5.41, 5.74) is 1.96. The van der Waals surface area contributed by atoms with Crippen molar-refractivity contribution in [1.82, 2.24) is 8.87 Å². The van der Waals surface area contributed by atoms with Crippen molar-refractivity contribution in [2.24, 2.45) is 7.05 Å². The van der Waals surface area contributed by atoms with Crippen molar-refractivity contribution in [2.75, 3.05) is 18.4 Å². The maximum Gasteiger partial charge on any atom is 0.272 e. The first kappa shape index (κ1) is 20.6. The van der Waals surface area contributed by atoms with Crippen molar-refractivity contribution < 1.29 is 13.2 Å². The van der Waals surface area contributed by atoms with Gasteiger partial charge in [0.2, 0.25) is 10.0 Å². The maximum atomic E-state index is 12.9. The van der Waals surface area contributed by atoms with Crippen molar-refractivity contribution in [3.05, 3.63) is 47.8 Å². The van der Waals surface area contributed by atoms with Crippen LogP contribution >= 0.6 is 0 Å². The Bertz CT molecular complexity index is 965. The van der Waals surface area contributed by atoms with Crippen LogP contribution in [-0.4, -0.2) is 36.3 Å². The van der Waals surface area contributed by atoms with Crippen LogP contribution in [0.2, 0.25) is 0 Å². The van der Waals surface area contributed by atoms with Crippen LogP contribution in [0.1, 0.15) is 56.1 Å². The molecule has 1 aromatic carbocycles. The zero-order chi connectivity index (χ0) is 20.5. The Balaban J connectivity index is 1.87. The van der Waals surface area contributed by atoms with E-state index < -0.39 is 10.0 Å². The molecule has 1 N–H and O–H groups in total. The standard InChI is InChI=1S/C21H29N3O3S/c1-21(2,3)17-10-6-7-11-18(17)22-20(25)19-14-16(15-23(19)4)28(26,27)24-12-8-5-9-13-24/h6-7,10-11,14-15H,5,8-9,12-13H2,1-4H3,(H,22,25). The number of sulfonamides is 1. The number of hydrogen-bond acceptors (Lipinski definition) is 3. The van der Waals surface area contributed by atoms with Crippen LogP contribution in [-0.2, 0) is 22.5 Å². The number of aromatic nitrogens is 1. The van der Waals surface area contributed by atoms with Crippen LogP contribution in [0.25, 0.3) is 0 Å². The Morgan fingerprint density at radius 3 is 2.36 bits per heavy atom. The summed E-state index contributed by atoms with van der Waals surface area (Å²) in [6.07, 6.45) is 4.34. The lowest BCUT2D eigenvalue weighted by molar-refractivity contribution is 0.101. The van der Waals surface area contributed by atoms with Crippen molar-refractivity contribution in [2.45, 2.75) is 50.3 Å². The minimum absolute atomic E-state index is 0.124. The molecule has 1 aliphatic rings. The Kier molecular flexibility index (Phi) is 5.68. The number of benzene rings is 1. The maximum absolute atomic E-state index is 12.9. The first-order valence-corrected chi connectivity index (χ1v) is 11.1. The Hall–Kier alpha value is -2.12. The van der Waals surface area contributed by atoms with Crippen LogP contribution in [0.4, 0.5) is 5.69 Å². The van der Waals surface area contributed by atoms with Crippen molar-refractivity contribution in [3.63, 3.8) is 0 Å². The number of nitrogens with one attached hydrogen (secondary N) is 1. The zero-order valence-corrected chi connectivity index (χ0v) is 17.8. The predicted molar refractivity (Wildman–Crippen MR) is 111 cm³/mol. The molecule has 1 amide bonds. The van der Waals surface area contributed by atoms with E-state index in [1.807, 2.05) is 24.3 Å². The second-order valence-corrected chi connectivity index (χ2v) is 10.3. The highest BCUT2D eigenvalue weighted by molar-refractivity contribution is 7.89. The summed E-state index contributed by atoms with van der Waals surface area (Å²) >= 11 is 0. The number of amides is 1. The molecule has 0 unspecified atom stereocenters. The summed E-state index contributed by atoms with van der Waals surface area (Å²) in [6.45, 7) is 7.34. The number of aryl methyl sites for hydroxylation is 1. The Morgan fingerprint density at radius 1 is 1.07 bits per heavy atom. The SMILES string of the molecule is Cn1cc(S(=O)(=O)N2CCCCC2)cc1C(=O)Nc1ccccc1C(C)(C)C. The topological polar surface area (TPSA) is 71.4 Å². The third kappa shape index (κ3) is 4.15. The average molecular weight is 404 g/mol. The molecule has 2 heterocycles. The van der Waals surface area contributed by atoms with Gasteiger partial charge in [-0.15, -0.1) is 0 Å². The highest BCUT2D eigenvalue weighted by atomic mass is 32.2. The summed E-state index contributed by atoms with van der Waals surface area (Å²) in [5.74, 6) is -0.320. The first-order chi connectivity index (χ1) is 13.1. The highest BCUT2D eigenvalue weighted by Crippen LogP contribution is 2.30. The van der Waals surface area contributed by atoms with E-state index in [-0.39, 0.29) is 16.2 Å². The number of nitrogens with zero attached hydrogens (tertiary/aromatic N) is 2. The molecule has 0 radical (unpaired) electrons. The van der Waals surface area contributed by atoms with Gasteiger partial charge in [0.1, 0.15) is 10.6 Å². The molecule has 152 valence electrons. The number of carbonyl (C=O) groups excluding carboxylic acids is 1. The third-order valence-corrected chi connectivity index (χ3v) is 7.01. The van der Waals surface area contributed by atoms with Gasteiger partial charge in [-0.3, -0.25) is 4.79 Å². The summed E-state index contributed by atoms with van der Waals surface area (Å²) in [4.78, 5) is 13.1. The minimum atomic E-state index is -3.57. The van der Waals surface area contributed by atoms with Gasteiger partial charge in [-0.2, -0.15) is 4.31 Å². The molecule has 7 heteroatoms. The van der Waals surface area contributed by atoms with Crippen LogP contribution in [0.5, 0.6) is 0 Å². The molecule has 1 fully saturated rings. The van der Waals surface area contributed by atoms with Crippen molar-refractivity contribution >= 4 is 21.6 Å². The number of para-hydroxylation sites is 1. The van der Waals surface area contributed by atoms with Crippen molar-refractivity contribution in [1.29, 1.82) is 0 Å². The van der Waals surface area contributed by atoms with Crippen LogP contribution in [0.3, 0.4) is 0 Å². The van der Waals surface area contributed by atoms with E-state index in [1.165, 1.54) is 16.6 Å². The molecule has 0 saturated carbocycles. The molecule has 1 aliphatic heterocycles. The molecule has 0 atom stereocenters. The minimum Gasteiger partial charge on any atom is -0.345 e. The normalized spacial score (nSPS) is 16.1. The van der Waals surface area contributed by atoms with Gasteiger partial charge in [0.05, 0.1) is 0 Å². The molecule has 2 aromatic rings. The number of rotatable bonds is 4. The largest absolute Gasteiger partial charge is 0.345 e. The first-order valence-electron chi connectivity index (χ1n) is 9.68. The number of anilines is 1. The van der Waals surface area contributed by atoms with Gasteiger partial charge in [0, 0.05) is 32.0 Å². The van der Waals surface area contributed by atoms with E-state index in [4.69, 9.17) is 0 Å². The fraction of sp³-hybridized carbons (Fsp3) is 0.476. The van der Waals surface area contributed by atoms with Gasteiger partial charge in [-0.1, -0.05) is 45.4 Å². The molecular formula is C21H29N3O3S. The molecule has 28 heavy (non-hydrogen) atoms. The molecule has 0 aliphatic carbocycles. The van der Waals surface area contributed by atoms with Gasteiger partial charge < -0.3 is 9.88 Å². The third-order valence-electron chi connectivity index (χ3n) is 5.15. The number of hydrogen-bond donors (Lipinski definition) is 1. The zero-order valence-electron chi connectivity index (χ0n) is 17.0. The number of piperidine rings is 1. The smallest absolute Gasteiger partial charge is 0.272 e. The van der Waals surface area contributed by atoms with Crippen molar-refractivity contribution in [3.8, 4) is 0 Å². The Labute approximate surface area is 167 Å². The predicted octanol–water partition coefficient (Wildman–Crippen LogP) is 3.75. The van der Waals surface area contributed by atoms with E-state index in [2.05, 4.69) is 26.1 Å². The molecular weight excluding hydrogens is 374 g/mol. The molecule has 6 nitrogen and oxygen atoms in total. The molecule has 0 bridgehead atoms. The quantitative estimate of drug-likeness (QED) is 0.845. The van der Waals surface area contributed by atoms with E-state index in [1.54, 1.807) is 11.6 Å². The summed E-state index contributed by atoms with van der Waals surface area (Å²) in [5, 5.41) is 2.95. The van der Waals surface area contributed by atoms with Gasteiger partial charge in [-0.25, -0.2) is 8.42 Å². The van der Waals surface area contributed by atoms with E-state index in [0.29, 0.717) is 18.8 Å². The lowest BCUT2D eigenvalue weighted by Gasteiger charge is -2.25. The van der Waals surface area contributed by atoms with Gasteiger partial charge in [0.25, 0.3) is 5.91 Å². The average Bonchev–Trinajstić information content (AvgIpc) is 3.05. The number of carbonyl (C=O) groups is 1. The lowest BCUT2D eigenvalue weighted by Crippen LogP contribution is -2.35. The van der Waals surface area contributed by atoms with Crippen LogP contribution in [0.15, 0.2) is 41.4 Å². The van der Waals surface area contributed by atoms with Crippen LogP contribution < -0.4 is 5.32 Å². The summed E-state index contributed by atoms with van der Waals surface area (Å²) < 4.78 is 28.9. The monoisotopic (exact) mass is 403 g/mol. The second-order valence-electron chi connectivity index (χ2n) is 8.39. The molecule has 1 saturated heterocycles. The summed E-state index contributed by atoms with van der Waals surface area (Å²) in [7, 11) is -1.87. The molecule has 0 spiro atoms. The fourth-order valence-electron chi connectivity index (χ4n) is 3.59. The van der Waals surface area contributed by atoms with E-state index in [0.717, 1.165) is 30.5 Å². The lowest BCUT2D eigenvalue weighted by atomic mass is 9.86.